The van der Waals surface area contributed by atoms with Crippen LogP contribution in [-0.4, -0.2) is 41.5 Å². The van der Waals surface area contributed by atoms with Gasteiger partial charge in [-0.2, -0.15) is 0 Å². The zero-order valence-electron chi connectivity index (χ0n) is 29.1. The smallest absolute Gasteiger partial charge is 0.224 e. The Hall–Kier alpha value is -5.06. The molecule has 1 fully saturated rings. The highest BCUT2D eigenvalue weighted by Crippen LogP contribution is 2.39. The molecule has 9 heteroatoms. The Morgan fingerprint density at radius 1 is 0.824 bits per heavy atom. The van der Waals surface area contributed by atoms with E-state index in [4.69, 9.17) is 15.2 Å². The molecule has 1 heterocycles. The van der Waals surface area contributed by atoms with Gasteiger partial charge < -0.3 is 30.9 Å². The minimum atomic E-state index is -0.613. The first-order valence-electron chi connectivity index (χ1n) is 17.5. The fourth-order valence-corrected chi connectivity index (χ4v) is 6.41. The summed E-state index contributed by atoms with van der Waals surface area (Å²) in [5.74, 6) is -0.359. The van der Waals surface area contributed by atoms with Crippen LogP contribution in [0.4, 0.5) is 17.1 Å². The molecule has 6 rings (SSSR count). The van der Waals surface area contributed by atoms with Gasteiger partial charge in [0.25, 0.3) is 0 Å². The van der Waals surface area contributed by atoms with Crippen LogP contribution in [0.2, 0.25) is 0 Å². The number of aliphatic hydroxyl groups excluding tert-OH is 1. The van der Waals surface area contributed by atoms with Gasteiger partial charge in [-0.15, -0.1) is 0 Å². The molecule has 5 N–H and O–H groups in total. The first kappa shape index (κ1) is 35.8. The van der Waals surface area contributed by atoms with Crippen LogP contribution in [-0.2, 0) is 25.7 Å². The molecule has 1 aliphatic rings. The molecule has 0 unspecified atom stereocenters. The van der Waals surface area contributed by atoms with E-state index in [-0.39, 0.29) is 49.5 Å². The van der Waals surface area contributed by atoms with Crippen LogP contribution in [0.15, 0.2) is 115 Å². The minimum absolute atomic E-state index is 0.0142. The predicted octanol–water partition coefficient (Wildman–Crippen LogP) is 7.90. The number of hydrogen-bond donors (Lipinski definition) is 4. The van der Waals surface area contributed by atoms with Crippen molar-refractivity contribution in [2.45, 2.75) is 63.8 Å². The number of fused-ring (bicyclic) bond motifs is 1. The Balaban J connectivity index is 1.08. The van der Waals surface area contributed by atoms with Crippen LogP contribution >= 0.6 is 0 Å². The maximum Gasteiger partial charge on any atom is 0.224 e. The number of anilines is 3. The van der Waals surface area contributed by atoms with E-state index in [1.165, 1.54) is 16.3 Å². The van der Waals surface area contributed by atoms with Gasteiger partial charge in [-0.05, 0) is 78.2 Å². The van der Waals surface area contributed by atoms with Crippen LogP contribution < -0.4 is 16.4 Å². The molecule has 264 valence electrons. The van der Waals surface area contributed by atoms with E-state index in [1.54, 1.807) is 24.3 Å². The van der Waals surface area contributed by atoms with Gasteiger partial charge in [0.15, 0.2) is 6.29 Å². The van der Waals surface area contributed by atoms with Crippen molar-refractivity contribution in [3.05, 3.63) is 138 Å². The Labute approximate surface area is 299 Å². The molecular weight excluding hydrogens is 640 g/mol. The van der Waals surface area contributed by atoms with Crippen molar-refractivity contribution in [2.24, 2.45) is 0 Å². The number of nitrogens with zero attached hydrogens (tertiary/aromatic N) is 1. The van der Waals surface area contributed by atoms with Crippen molar-refractivity contribution in [3.8, 4) is 0 Å². The Kier molecular flexibility index (Phi) is 11.8. The van der Waals surface area contributed by atoms with Crippen molar-refractivity contribution in [3.63, 3.8) is 0 Å². The van der Waals surface area contributed by atoms with Gasteiger partial charge in [-0.25, -0.2) is 0 Å². The zero-order chi connectivity index (χ0) is 35.7. The second-order valence-electron chi connectivity index (χ2n) is 13.2. The number of carbonyl (C=O) groups is 2. The Morgan fingerprint density at radius 2 is 1.49 bits per heavy atom. The summed E-state index contributed by atoms with van der Waals surface area (Å²) in [6.45, 7) is 2.90. The molecule has 9 nitrogen and oxygen atoms in total. The van der Waals surface area contributed by atoms with Crippen molar-refractivity contribution in [1.29, 1.82) is 0 Å². The van der Waals surface area contributed by atoms with Crippen LogP contribution in [0.5, 0.6) is 0 Å². The fourth-order valence-electron chi connectivity index (χ4n) is 6.41. The standard InChI is InChI=1S/C42H46N4O5/c1-28(33-19-18-30-8-3-4-9-34(30)24-33)46(2)26-36-25-39(31-16-14-29(27-47)15-17-31)51-42(50-36)32-20-22-35(23-21-32)44-40(48)12-7-13-41(49)45-38-11-6-5-10-37(38)43/h3-6,8-11,14-24,28,36,39,42,47H,7,12-13,25-27,43H2,1-2H3,(H,44,48)(H,45,49)/t28-,36+,39-,42-/m1/s1. The van der Waals surface area contributed by atoms with Crippen molar-refractivity contribution >= 4 is 39.6 Å². The highest BCUT2D eigenvalue weighted by atomic mass is 16.7. The second kappa shape index (κ2) is 16.8. The Morgan fingerprint density at radius 3 is 2.22 bits per heavy atom. The third-order valence-electron chi connectivity index (χ3n) is 9.53. The molecule has 0 saturated carbocycles. The highest BCUT2D eigenvalue weighted by Gasteiger charge is 2.33. The van der Waals surface area contributed by atoms with Crippen molar-refractivity contribution in [2.75, 3.05) is 30.0 Å². The molecule has 1 saturated heterocycles. The summed E-state index contributed by atoms with van der Waals surface area (Å²) in [7, 11) is 2.13. The SMILES string of the molecule is C[C@H](c1ccc2ccccc2c1)N(C)C[C@@H]1C[C@H](c2ccc(CO)cc2)O[C@H](c2ccc(NC(=O)CCCC(=O)Nc3ccccc3N)cc2)O1. The summed E-state index contributed by atoms with van der Waals surface area (Å²) in [6.07, 6.45) is 0.556. The number of ether oxygens (including phenoxy) is 2. The van der Waals surface area contributed by atoms with E-state index in [0.29, 0.717) is 36.4 Å². The normalized spacial score (nSPS) is 18.0. The second-order valence-corrected chi connectivity index (χ2v) is 13.2. The lowest BCUT2D eigenvalue weighted by molar-refractivity contribution is -0.253. The molecule has 51 heavy (non-hydrogen) atoms. The van der Waals surface area contributed by atoms with Crippen LogP contribution in [0.25, 0.3) is 10.8 Å². The lowest BCUT2D eigenvalue weighted by atomic mass is 9.98. The van der Waals surface area contributed by atoms with Gasteiger partial charge >= 0.3 is 0 Å². The average Bonchev–Trinajstić information content (AvgIpc) is 3.15. The molecule has 0 spiro atoms. The number of rotatable bonds is 13. The summed E-state index contributed by atoms with van der Waals surface area (Å²) in [4.78, 5) is 27.3. The number of benzene rings is 5. The Bertz CT molecular complexity index is 1930. The quantitative estimate of drug-likeness (QED) is 0.0928. The van der Waals surface area contributed by atoms with Gasteiger partial charge in [0.05, 0.1) is 30.2 Å². The fraction of sp³-hybridized carbons (Fsp3) is 0.286. The summed E-state index contributed by atoms with van der Waals surface area (Å²) < 4.78 is 13.2. The van der Waals surface area contributed by atoms with Crippen LogP contribution in [0.3, 0.4) is 0 Å². The number of nitrogens with one attached hydrogen (secondary N) is 2. The molecule has 0 aliphatic carbocycles. The van der Waals surface area contributed by atoms with E-state index in [9.17, 15) is 14.7 Å². The highest BCUT2D eigenvalue weighted by molar-refractivity contribution is 5.95. The largest absolute Gasteiger partial charge is 0.397 e. The molecule has 0 bridgehead atoms. The summed E-state index contributed by atoms with van der Waals surface area (Å²) >= 11 is 0. The average molecular weight is 687 g/mol. The molecule has 0 aromatic heterocycles. The van der Waals surface area contributed by atoms with Gasteiger partial charge in [0.2, 0.25) is 11.8 Å². The molecule has 1 aliphatic heterocycles. The van der Waals surface area contributed by atoms with E-state index in [1.807, 2.05) is 48.5 Å². The van der Waals surface area contributed by atoms with Gasteiger partial charge in [-0.1, -0.05) is 84.9 Å². The number of nitrogen functional groups attached to an aromatic ring is 1. The number of amides is 2. The molecule has 2 amide bonds. The topological polar surface area (TPSA) is 126 Å². The van der Waals surface area contributed by atoms with E-state index >= 15 is 0 Å². The number of para-hydroxylation sites is 2. The third-order valence-corrected chi connectivity index (χ3v) is 9.53. The first-order chi connectivity index (χ1) is 24.7. The maximum atomic E-state index is 12.7. The first-order valence-corrected chi connectivity index (χ1v) is 17.5. The van der Waals surface area contributed by atoms with Gasteiger partial charge in [0, 0.05) is 43.1 Å². The van der Waals surface area contributed by atoms with Crippen LogP contribution in [0, 0.1) is 0 Å². The predicted molar refractivity (Wildman–Crippen MR) is 202 cm³/mol. The van der Waals surface area contributed by atoms with Crippen molar-refractivity contribution in [1.82, 2.24) is 4.90 Å². The molecule has 0 radical (unpaired) electrons. The lowest BCUT2D eigenvalue weighted by Gasteiger charge is -2.39. The monoisotopic (exact) mass is 686 g/mol. The summed E-state index contributed by atoms with van der Waals surface area (Å²) in [5, 5.41) is 17.7. The third kappa shape index (κ3) is 9.39. The molecule has 5 aromatic carbocycles. The number of aliphatic hydroxyl groups is 1. The van der Waals surface area contributed by atoms with E-state index in [2.05, 4.69) is 72.0 Å². The number of hydrogen-bond acceptors (Lipinski definition) is 7. The summed E-state index contributed by atoms with van der Waals surface area (Å²) in [5.41, 5.74) is 11.6. The minimum Gasteiger partial charge on any atom is -0.397 e. The lowest BCUT2D eigenvalue weighted by Crippen LogP contribution is -2.38. The molecule has 5 aromatic rings. The molecular formula is C42H46N4O5. The van der Waals surface area contributed by atoms with E-state index in [0.717, 1.165) is 16.7 Å². The number of carbonyl (C=O) groups excluding carboxylic acids is 2. The van der Waals surface area contributed by atoms with E-state index < -0.39 is 6.29 Å². The number of likely N-dealkylation sites (N-methyl/N-ethyl adjacent to an activating group) is 1. The van der Waals surface area contributed by atoms with Crippen molar-refractivity contribution < 1.29 is 24.2 Å². The van der Waals surface area contributed by atoms with Gasteiger partial charge in [-0.3, -0.25) is 14.5 Å². The summed E-state index contributed by atoms with van der Waals surface area (Å²) in [6, 6.07) is 37.7. The van der Waals surface area contributed by atoms with Gasteiger partial charge in [0.1, 0.15) is 0 Å². The maximum absolute atomic E-state index is 12.7. The number of nitrogens with two attached hydrogens (primary N) is 1. The van der Waals surface area contributed by atoms with Crippen LogP contribution in [0.1, 0.15) is 73.3 Å². The molecule has 4 atom stereocenters. The zero-order valence-corrected chi connectivity index (χ0v) is 29.1.